The molecule has 0 spiro atoms. The zero-order valence-corrected chi connectivity index (χ0v) is 11.8. The number of hydrogen-bond donors (Lipinski definition) is 2. The molecule has 5 nitrogen and oxygen atoms in total. The Hall–Kier alpha value is -1.70. The van der Waals surface area contributed by atoms with Gasteiger partial charge in [0.15, 0.2) is 0 Å². The first-order valence-electron chi connectivity index (χ1n) is 5.85. The number of carbonyl (C=O) groups excluding carboxylic acids is 1. The van der Waals surface area contributed by atoms with E-state index in [0.717, 1.165) is 6.07 Å². The SMILES string of the molecule is CC(C)C(Nc1ccccc1S(=O)(=O)C(F)F)C(N)=O. The second kappa shape index (κ2) is 6.17. The topological polar surface area (TPSA) is 89.3 Å². The van der Waals surface area contributed by atoms with Crippen LogP contribution in [0.3, 0.4) is 0 Å². The van der Waals surface area contributed by atoms with Crippen molar-refractivity contribution in [3.8, 4) is 0 Å². The van der Waals surface area contributed by atoms with Gasteiger partial charge in [-0.3, -0.25) is 4.79 Å². The molecule has 0 aliphatic rings. The van der Waals surface area contributed by atoms with Crippen molar-refractivity contribution in [1.82, 2.24) is 0 Å². The van der Waals surface area contributed by atoms with Gasteiger partial charge in [0.05, 0.1) is 10.6 Å². The number of alkyl halides is 2. The number of sulfone groups is 1. The number of primary amides is 1. The molecular weight excluding hydrogens is 290 g/mol. The third-order valence-electron chi connectivity index (χ3n) is 2.71. The van der Waals surface area contributed by atoms with Crippen LogP contribution in [-0.4, -0.2) is 26.1 Å². The van der Waals surface area contributed by atoms with Crippen LogP contribution in [0.4, 0.5) is 14.5 Å². The predicted octanol–water partition coefficient (Wildman–Crippen LogP) is 1.60. The van der Waals surface area contributed by atoms with Gasteiger partial charge in [0.1, 0.15) is 6.04 Å². The number of nitrogens with one attached hydrogen (secondary N) is 1. The van der Waals surface area contributed by atoms with Gasteiger partial charge in [-0.1, -0.05) is 26.0 Å². The molecule has 1 aromatic rings. The van der Waals surface area contributed by atoms with E-state index < -0.39 is 32.4 Å². The summed E-state index contributed by atoms with van der Waals surface area (Å²) in [7, 11) is -4.75. The quantitative estimate of drug-likeness (QED) is 0.835. The van der Waals surface area contributed by atoms with E-state index in [9.17, 15) is 22.0 Å². The minimum absolute atomic E-state index is 0.0645. The number of hydrogen-bond acceptors (Lipinski definition) is 4. The van der Waals surface area contributed by atoms with Gasteiger partial charge in [0, 0.05) is 0 Å². The molecule has 0 saturated carbocycles. The molecule has 1 amide bonds. The standard InChI is InChI=1S/C12H16F2N2O3S/c1-7(2)10(11(15)17)16-8-5-3-4-6-9(8)20(18,19)12(13)14/h3-7,10,12,16H,1-2H3,(H2,15,17). The van der Waals surface area contributed by atoms with Crippen LogP contribution in [0, 0.1) is 5.92 Å². The van der Waals surface area contributed by atoms with Crippen LogP contribution in [0.25, 0.3) is 0 Å². The van der Waals surface area contributed by atoms with E-state index in [4.69, 9.17) is 5.73 Å². The highest BCUT2D eigenvalue weighted by Crippen LogP contribution is 2.27. The lowest BCUT2D eigenvalue weighted by molar-refractivity contribution is -0.119. The van der Waals surface area contributed by atoms with Gasteiger partial charge in [-0.05, 0) is 18.1 Å². The molecular formula is C12H16F2N2O3S. The highest BCUT2D eigenvalue weighted by atomic mass is 32.2. The maximum Gasteiger partial charge on any atom is 0.341 e. The fourth-order valence-corrected chi connectivity index (χ4v) is 2.56. The smallest absolute Gasteiger partial charge is 0.341 e. The summed E-state index contributed by atoms with van der Waals surface area (Å²) in [6.45, 7) is 3.40. The van der Waals surface area contributed by atoms with Crippen molar-refractivity contribution in [2.24, 2.45) is 11.7 Å². The first-order chi connectivity index (χ1) is 9.17. The van der Waals surface area contributed by atoms with Crippen LogP contribution in [0.5, 0.6) is 0 Å². The summed E-state index contributed by atoms with van der Waals surface area (Å²) >= 11 is 0. The molecule has 1 unspecified atom stereocenters. The Morgan fingerprint density at radius 1 is 1.25 bits per heavy atom. The van der Waals surface area contributed by atoms with Crippen LogP contribution < -0.4 is 11.1 Å². The van der Waals surface area contributed by atoms with Crippen molar-refractivity contribution in [3.63, 3.8) is 0 Å². The molecule has 0 aromatic heterocycles. The maximum atomic E-state index is 12.6. The Morgan fingerprint density at radius 3 is 2.25 bits per heavy atom. The highest BCUT2D eigenvalue weighted by Gasteiger charge is 2.30. The van der Waals surface area contributed by atoms with Gasteiger partial charge in [0.25, 0.3) is 0 Å². The number of amides is 1. The fourth-order valence-electron chi connectivity index (χ4n) is 1.66. The van der Waals surface area contributed by atoms with Crippen LogP contribution in [0.1, 0.15) is 13.8 Å². The fraction of sp³-hybridized carbons (Fsp3) is 0.417. The van der Waals surface area contributed by atoms with E-state index in [1.807, 2.05) is 0 Å². The first kappa shape index (κ1) is 16.4. The highest BCUT2D eigenvalue weighted by molar-refractivity contribution is 7.91. The zero-order chi connectivity index (χ0) is 15.5. The third kappa shape index (κ3) is 3.44. The zero-order valence-electron chi connectivity index (χ0n) is 11.0. The average molecular weight is 306 g/mol. The van der Waals surface area contributed by atoms with Gasteiger partial charge < -0.3 is 11.1 Å². The minimum Gasteiger partial charge on any atom is -0.372 e. The van der Waals surface area contributed by atoms with Gasteiger partial charge in [-0.25, -0.2) is 8.42 Å². The number of anilines is 1. The lowest BCUT2D eigenvalue weighted by atomic mass is 10.0. The molecule has 0 fully saturated rings. The lowest BCUT2D eigenvalue weighted by Crippen LogP contribution is -2.39. The van der Waals surface area contributed by atoms with E-state index >= 15 is 0 Å². The molecule has 0 saturated heterocycles. The molecule has 8 heteroatoms. The number of carbonyl (C=O) groups is 1. The molecule has 0 aliphatic carbocycles. The summed E-state index contributed by atoms with van der Waals surface area (Å²) in [5.74, 6) is -4.45. The summed E-state index contributed by atoms with van der Waals surface area (Å²) in [6, 6.07) is 4.32. The Balaban J connectivity index is 3.24. The average Bonchev–Trinajstić information content (AvgIpc) is 2.35. The van der Waals surface area contributed by atoms with Crippen molar-refractivity contribution in [1.29, 1.82) is 0 Å². The summed E-state index contributed by atoms with van der Waals surface area (Å²) in [5, 5.41) is 2.62. The van der Waals surface area contributed by atoms with Crippen LogP contribution in [-0.2, 0) is 14.6 Å². The molecule has 0 radical (unpaired) electrons. The number of halogens is 2. The molecule has 0 heterocycles. The second-order valence-electron chi connectivity index (χ2n) is 4.57. The maximum absolute atomic E-state index is 12.6. The monoisotopic (exact) mass is 306 g/mol. The van der Waals surface area contributed by atoms with Crippen molar-refractivity contribution < 1.29 is 22.0 Å². The number of nitrogens with two attached hydrogens (primary N) is 1. The molecule has 1 rings (SSSR count). The molecule has 1 aromatic carbocycles. The van der Waals surface area contributed by atoms with Gasteiger partial charge in [0.2, 0.25) is 15.7 Å². The van der Waals surface area contributed by atoms with Crippen LogP contribution in [0.15, 0.2) is 29.2 Å². The van der Waals surface area contributed by atoms with E-state index in [2.05, 4.69) is 5.32 Å². The molecule has 0 aliphatic heterocycles. The van der Waals surface area contributed by atoms with E-state index in [0.29, 0.717) is 0 Å². The van der Waals surface area contributed by atoms with E-state index in [1.54, 1.807) is 13.8 Å². The van der Waals surface area contributed by atoms with E-state index in [-0.39, 0.29) is 11.6 Å². The number of para-hydroxylation sites is 1. The van der Waals surface area contributed by atoms with Gasteiger partial charge >= 0.3 is 5.76 Å². The van der Waals surface area contributed by atoms with Crippen molar-refractivity contribution >= 4 is 21.4 Å². The summed E-state index contributed by atoms with van der Waals surface area (Å²) in [6.07, 6.45) is 0. The summed E-state index contributed by atoms with van der Waals surface area (Å²) < 4.78 is 48.4. The van der Waals surface area contributed by atoms with E-state index in [1.165, 1.54) is 18.2 Å². The second-order valence-corrected chi connectivity index (χ2v) is 6.46. The Labute approximate surface area is 116 Å². The number of rotatable bonds is 6. The first-order valence-corrected chi connectivity index (χ1v) is 7.39. The van der Waals surface area contributed by atoms with Crippen molar-refractivity contribution in [2.45, 2.75) is 30.5 Å². The molecule has 0 bridgehead atoms. The summed E-state index contributed by atoms with van der Waals surface area (Å²) in [5.41, 5.74) is 5.14. The third-order valence-corrected chi connectivity index (χ3v) is 4.15. The minimum atomic E-state index is -4.75. The van der Waals surface area contributed by atoms with Gasteiger partial charge in [-0.15, -0.1) is 0 Å². The van der Waals surface area contributed by atoms with Crippen LogP contribution in [0.2, 0.25) is 0 Å². The predicted molar refractivity (Wildman–Crippen MR) is 71.1 cm³/mol. The molecule has 1 atom stereocenters. The van der Waals surface area contributed by atoms with Crippen molar-refractivity contribution in [2.75, 3.05) is 5.32 Å². The van der Waals surface area contributed by atoms with Crippen LogP contribution >= 0.6 is 0 Å². The van der Waals surface area contributed by atoms with Crippen molar-refractivity contribution in [3.05, 3.63) is 24.3 Å². The Bertz CT molecular complexity index is 588. The van der Waals surface area contributed by atoms with Gasteiger partial charge in [-0.2, -0.15) is 8.78 Å². The Kier molecular flexibility index (Phi) is 5.04. The molecule has 3 N–H and O–H groups in total. The largest absolute Gasteiger partial charge is 0.372 e. The lowest BCUT2D eigenvalue weighted by Gasteiger charge is -2.21. The normalized spacial score (nSPS) is 13.5. The molecule has 112 valence electrons. The summed E-state index contributed by atoms with van der Waals surface area (Å²) in [4.78, 5) is 10.7. The Morgan fingerprint density at radius 2 is 1.80 bits per heavy atom. The number of benzene rings is 1. The molecule has 20 heavy (non-hydrogen) atoms.